The molecule has 0 amide bonds. The van der Waals surface area contributed by atoms with Crippen molar-refractivity contribution in [2.75, 3.05) is 0 Å². The van der Waals surface area contributed by atoms with Crippen molar-refractivity contribution in [3.8, 4) is 5.75 Å². The van der Waals surface area contributed by atoms with Gasteiger partial charge >= 0.3 is 12.4 Å². The maximum atomic E-state index is 13.3. The molecule has 0 spiro atoms. The zero-order valence-electron chi connectivity index (χ0n) is 14.6. The zero-order chi connectivity index (χ0) is 21.2. The Morgan fingerprint density at radius 2 is 1.17 bits per heavy atom. The summed E-state index contributed by atoms with van der Waals surface area (Å²) < 4.78 is 86.1. The number of hydrogen-bond acceptors (Lipinski definition) is 1. The van der Waals surface area contributed by atoms with Gasteiger partial charge in [-0.3, -0.25) is 0 Å². The Kier molecular flexibility index (Phi) is 5.93. The summed E-state index contributed by atoms with van der Waals surface area (Å²) in [5.41, 5.74) is -2.60. The van der Waals surface area contributed by atoms with Crippen LogP contribution in [0.15, 0.2) is 77.3 Å². The van der Waals surface area contributed by atoms with Gasteiger partial charge in [-0.2, -0.15) is 26.3 Å². The van der Waals surface area contributed by atoms with Crippen LogP contribution in [0.1, 0.15) is 28.4 Å². The van der Waals surface area contributed by atoms with E-state index in [1.807, 2.05) is 0 Å². The lowest BCUT2D eigenvalue weighted by Gasteiger charge is -2.23. The number of ether oxygens (including phenoxy) is 1. The third-order valence-electron chi connectivity index (χ3n) is 4.08. The second-order valence-electron chi connectivity index (χ2n) is 6.20. The molecule has 0 aliphatic heterocycles. The molecule has 0 saturated heterocycles. The second kappa shape index (κ2) is 8.10. The first kappa shape index (κ1) is 21.2. The zero-order valence-corrected chi connectivity index (χ0v) is 16.1. The van der Waals surface area contributed by atoms with Crippen molar-refractivity contribution in [3.05, 3.63) is 99.5 Å². The maximum absolute atomic E-state index is 13.3. The fraction of sp³-hybridized carbons (Fsp3) is 0.143. The van der Waals surface area contributed by atoms with Crippen LogP contribution in [0.3, 0.4) is 0 Å². The van der Waals surface area contributed by atoms with E-state index in [2.05, 4.69) is 15.9 Å². The fourth-order valence-corrected chi connectivity index (χ4v) is 3.00. The van der Waals surface area contributed by atoms with E-state index in [4.69, 9.17) is 4.74 Å². The monoisotopic (exact) mass is 474 g/mol. The molecule has 3 rings (SSSR count). The molecule has 0 fully saturated rings. The molecule has 0 bridgehead atoms. The van der Waals surface area contributed by atoms with E-state index in [-0.39, 0.29) is 11.6 Å². The molecule has 0 N–H and O–H groups in total. The molecule has 0 aromatic heterocycles. The molecule has 0 saturated carbocycles. The Bertz CT molecular complexity index is 933. The van der Waals surface area contributed by atoms with Crippen LogP contribution in [0, 0.1) is 0 Å². The van der Waals surface area contributed by atoms with Crippen LogP contribution in [-0.4, -0.2) is 0 Å². The number of alkyl halides is 6. The standard InChI is InChI=1S/C21H13BrF6O/c22-17-6-8-18(9-7-17)29-19(13-4-2-1-3-5-13)14-10-15(20(23,24)25)12-16(11-14)21(26,27)28/h1-12,19H. The summed E-state index contributed by atoms with van der Waals surface area (Å²) in [5, 5.41) is 0. The smallest absolute Gasteiger partial charge is 0.416 e. The second-order valence-corrected chi connectivity index (χ2v) is 7.12. The molecule has 8 heteroatoms. The number of benzene rings is 3. The van der Waals surface area contributed by atoms with E-state index in [0.29, 0.717) is 23.4 Å². The largest absolute Gasteiger partial charge is 0.481 e. The minimum Gasteiger partial charge on any atom is -0.481 e. The van der Waals surface area contributed by atoms with Gasteiger partial charge in [0.25, 0.3) is 0 Å². The van der Waals surface area contributed by atoms with E-state index in [1.54, 1.807) is 54.6 Å². The molecule has 29 heavy (non-hydrogen) atoms. The molecule has 0 radical (unpaired) electrons. The highest BCUT2D eigenvalue weighted by Gasteiger charge is 2.38. The average molecular weight is 475 g/mol. The van der Waals surface area contributed by atoms with E-state index in [0.717, 1.165) is 4.47 Å². The van der Waals surface area contributed by atoms with Crippen molar-refractivity contribution >= 4 is 15.9 Å². The lowest BCUT2D eigenvalue weighted by molar-refractivity contribution is -0.143. The van der Waals surface area contributed by atoms with Gasteiger partial charge in [0, 0.05) is 4.47 Å². The molecule has 3 aromatic carbocycles. The third-order valence-corrected chi connectivity index (χ3v) is 4.61. The molecule has 0 aliphatic rings. The first-order valence-corrected chi connectivity index (χ1v) is 9.10. The molecule has 1 nitrogen and oxygen atoms in total. The van der Waals surface area contributed by atoms with Crippen LogP contribution < -0.4 is 4.74 Å². The Morgan fingerprint density at radius 3 is 1.66 bits per heavy atom. The predicted molar refractivity (Wildman–Crippen MR) is 99.5 cm³/mol. The van der Waals surface area contributed by atoms with Crippen LogP contribution in [-0.2, 0) is 12.4 Å². The van der Waals surface area contributed by atoms with Gasteiger partial charge in [-0.25, -0.2) is 0 Å². The SMILES string of the molecule is FC(F)(F)c1cc(C(Oc2ccc(Br)cc2)c2ccccc2)cc(C(F)(F)F)c1. The van der Waals surface area contributed by atoms with Crippen molar-refractivity contribution in [3.63, 3.8) is 0 Å². The summed E-state index contributed by atoms with van der Waals surface area (Å²) in [4.78, 5) is 0. The summed E-state index contributed by atoms with van der Waals surface area (Å²) in [6, 6.07) is 16.0. The number of rotatable bonds is 4. The van der Waals surface area contributed by atoms with E-state index in [1.165, 1.54) is 0 Å². The minimum absolute atomic E-state index is 0.102. The Morgan fingerprint density at radius 1 is 0.655 bits per heavy atom. The van der Waals surface area contributed by atoms with Crippen molar-refractivity contribution in [2.45, 2.75) is 18.5 Å². The first-order valence-electron chi connectivity index (χ1n) is 8.30. The van der Waals surface area contributed by atoms with E-state index < -0.39 is 29.6 Å². The Hall–Kier alpha value is -2.48. The molecule has 0 aliphatic carbocycles. The van der Waals surface area contributed by atoms with Gasteiger partial charge < -0.3 is 4.74 Å². The van der Waals surface area contributed by atoms with E-state index in [9.17, 15) is 26.3 Å². The van der Waals surface area contributed by atoms with Gasteiger partial charge in [0.2, 0.25) is 0 Å². The van der Waals surface area contributed by atoms with Crippen LogP contribution in [0.2, 0.25) is 0 Å². The summed E-state index contributed by atoms with van der Waals surface area (Å²) >= 11 is 3.26. The van der Waals surface area contributed by atoms with Gasteiger partial charge in [-0.1, -0.05) is 46.3 Å². The number of hydrogen-bond donors (Lipinski definition) is 0. The molecule has 1 unspecified atom stereocenters. The lowest BCUT2D eigenvalue weighted by Crippen LogP contribution is -2.16. The molecule has 0 heterocycles. The summed E-state index contributed by atoms with van der Waals surface area (Å²) in [7, 11) is 0. The van der Waals surface area contributed by atoms with Gasteiger partial charge in [0.1, 0.15) is 11.9 Å². The number of halogens is 7. The highest BCUT2D eigenvalue weighted by Crippen LogP contribution is 2.39. The van der Waals surface area contributed by atoms with Gasteiger partial charge in [0.15, 0.2) is 0 Å². The maximum Gasteiger partial charge on any atom is 0.416 e. The van der Waals surface area contributed by atoms with E-state index >= 15 is 0 Å². The van der Waals surface area contributed by atoms with Crippen molar-refractivity contribution < 1.29 is 31.1 Å². The predicted octanol–water partition coefficient (Wildman–Crippen LogP) is 7.66. The average Bonchev–Trinajstić information content (AvgIpc) is 2.66. The normalized spacial score (nSPS) is 13.2. The topological polar surface area (TPSA) is 9.23 Å². The Balaban J connectivity index is 2.15. The lowest BCUT2D eigenvalue weighted by atomic mass is 9.96. The Labute approximate surface area is 171 Å². The summed E-state index contributed by atoms with van der Waals surface area (Å²) in [5.74, 6) is 0.299. The quantitative estimate of drug-likeness (QED) is 0.352. The van der Waals surface area contributed by atoms with Gasteiger partial charge in [0.05, 0.1) is 11.1 Å². The molecule has 1 atom stereocenters. The van der Waals surface area contributed by atoms with Crippen LogP contribution >= 0.6 is 15.9 Å². The molecular weight excluding hydrogens is 462 g/mol. The van der Waals surface area contributed by atoms with Gasteiger partial charge in [-0.15, -0.1) is 0 Å². The molecule has 152 valence electrons. The van der Waals surface area contributed by atoms with Crippen LogP contribution in [0.25, 0.3) is 0 Å². The molecular formula is C21H13BrF6O. The van der Waals surface area contributed by atoms with Crippen molar-refractivity contribution in [1.82, 2.24) is 0 Å². The summed E-state index contributed by atoms with van der Waals surface area (Å²) in [6.07, 6.45) is -11.0. The highest BCUT2D eigenvalue weighted by atomic mass is 79.9. The van der Waals surface area contributed by atoms with Crippen LogP contribution in [0.4, 0.5) is 26.3 Å². The minimum atomic E-state index is -4.94. The van der Waals surface area contributed by atoms with Crippen molar-refractivity contribution in [2.24, 2.45) is 0 Å². The van der Waals surface area contributed by atoms with Crippen molar-refractivity contribution in [1.29, 1.82) is 0 Å². The summed E-state index contributed by atoms with van der Waals surface area (Å²) in [6.45, 7) is 0. The van der Waals surface area contributed by atoms with Crippen LogP contribution in [0.5, 0.6) is 5.75 Å². The van der Waals surface area contributed by atoms with Gasteiger partial charge in [-0.05, 0) is 53.6 Å². The third kappa shape index (κ3) is 5.32. The highest BCUT2D eigenvalue weighted by molar-refractivity contribution is 9.10. The first-order chi connectivity index (χ1) is 13.5. The fourth-order valence-electron chi connectivity index (χ4n) is 2.74. The molecule has 3 aromatic rings.